The number of carbonyl (C=O) groups is 3. The van der Waals surface area contributed by atoms with Crippen molar-refractivity contribution in [2.24, 2.45) is 11.3 Å². The summed E-state index contributed by atoms with van der Waals surface area (Å²) in [5.41, 5.74) is 3.95. The highest BCUT2D eigenvalue weighted by atomic mass is 16.5. The number of ether oxygens (including phenoxy) is 1. The highest BCUT2D eigenvalue weighted by Crippen LogP contribution is 2.44. The number of nitrogens with one attached hydrogen (secondary N) is 1. The summed E-state index contributed by atoms with van der Waals surface area (Å²) in [5.74, 6) is -1.44. The third-order valence-corrected chi connectivity index (χ3v) is 7.00. The van der Waals surface area contributed by atoms with Crippen LogP contribution in [-0.4, -0.2) is 54.2 Å². The number of amides is 2. The molecule has 2 aliphatic rings. The molecule has 2 amide bonds. The molecule has 34 heavy (non-hydrogen) atoms. The molecule has 0 unspecified atom stereocenters. The van der Waals surface area contributed by atoms with Gasteiger partial charge in [-0.1, -0.05) is 62.4 Å². The average Bonchev–Trinajstić information content (AvgIpc) is 3.16. The second-order valence-corrected chi connectivity index (χ2v) is 9.81. The number of rotatable bonds is 7. The molecule has 0 aromatic heterocycles. The lowest BCUT2D eigenvalue weighted by Crippen LogP contribution is -2.48. The molecule has 2 aromatic rings. The molecule has 1 fully saturated rings. The van der Waals surface area contributed by atoms with Gasteiger partial charge >= 0.3 is 12.1 Å². The van der Waals surface area contributed by atoms with Gasteiger partial charge in [-0.3, -0.25) is 9.59 Å². The van der Waals surface area contributed by atoms with Crippen LogP contribution in [0.5, 0.6) is 0 Å². The molecule has 1 saturated heterocycles. The minimum Gasteiger partial charge on any atom is -0.481 e. The van der Waals surface area contributed by atoms with Crippen molar-refractivity contribution in [1.29, 1.82) is 0 Å². The molecule has 1 aliphatic carbocycles. The maximum Gasteiger partial charge on any atom is 0.407 e. The first-order chi connectivity index (χ1) is 16.3. The Labute approximate surface area is 200 Å². The van der Waals surface area contributed by atoms with Gasteiger partial charge in [-0.15, -0.1) is 0 Å². The summed E-state index contributed by atoms with van der Waals surface area (Å²) in [4.78, 5) is 38.4. The van der Waals surface area contributed by atoms with Crippen molar-refractivity contribution in [1.82, 2.24) is 10.2 Å². The van der Waals surface area contributed by atoms with E-state index in [0.29, 0.717) is 32.4 Å². The molecule has 2 aromatic carbocycles. The van der Waals surface area contributed by atoms with Crippen molar-refractivity contribution in [3.63, 3.8) is 0 Å². The highest BCUT2D eigenvalue weighted by Gasteiger charge is 2.36. The van der Waals surface area contributed by atoms with E-state index in [0.717, 1.165) is 11.1 Å². The van der Waals surface area contributed by atoms with Crippen LogP contribution >= 0.6 is 0 Å². The lowest BCUT2D eigenvalue weighted by molar-refractivity contribution is -0.149. The number of carbonyl (C=O) groups excluding carboxylic acids is 2. The van der Waals surface area contributed by atoms with Crippen LogP contribution < -0.4 is 5.32 Å². The summed E-state index contributed by atoms with van der Waals surface area (Å²) in [6.07, 6.45) is 1.22. The van der Waals surface area contributed by atoms with E-state index in [2.05, 4.69) is 29.6 Å². The lowest BCUT2D eigenvalue weighted by Gasteiger charge is -2.36. The number of alkyl carbamates (subject to hydrolysis) is 1. The molecule has 2 N–H and O–H groups in total. The van der Waals surface area contributed by atoms with E-state index in [1.807, 2.05) is 38.1 Å². The quantitative estimate of drug-likeness (QED) is 0.638. The van der Waals surface area contributed by atoms with E-state index in [9.17, 15) is 19.5 Å². The zero-order valence-corrected chi connectivity index (χ0v) is 19.8. The predicted molar refractivity (Wildman–Crippen MR) is 128 cm³/mol. The number of hydrogen-bond donors (Lipinski definition) is 2. The third-order valence-electron chi connectivity index (χ3n) is 7.00. The van der Waals surface area contributed by atoms with Gasteiger partial charge in [0.15, 0.2) is 0 Å². The topological polar surface area (TPSA) is 95.9 Å². The molecular formula is C27H32N2O5. The fraction of sp³-hybridized carbons (Fsp3) is 0.444. The van der Waals surface area contributed by atoms with Gasteiger partial charge in [-0.05, 0) is 41.5 Å². The largest absolute Gasteiger partial charge is 0.481 e. The van der Waals surface area contributed by atoms with Crippen LogP contribution in [0.2, 0.25) is 0 Å². The zero-order chi connectivity index (χ0) is 24.3. The highest BCUT2D eigenvalue weighted by molar-refractivity contribution is 5.83. The predicted octanol–water partition coefficient (Wildman–Crippen LogP) is 4.26. The second-order valence-electron chi connectivity index (χ2n) is 9.81. The lowest BCUT2D eigenvalue weighted by atomic mass is 9.86. The molecule has 0 radical (unpaired) electrons. The third kappa shape index (κ3) is 4.93. The number of likely N-dealkylation sites (tertiary alicyclic amines) is 1. The van der Waals surface area contributed by atoms with Crippen molar-refractivity contribution < 1.29 is 24.2 Å². The van der Waals surface area contributed by atoms with Gasteiger partial charge in [0.25, 0.3) is 0 Å². The van der Waals surface area contributed by atoms with E-state index in [-0.39, 0.29) is 25.0 Å². The fourth-order valence-electron chi connectivity index (χ4n) is 5.02. The molecule has 1 aliphatic heterocycles. The van der Waals surface area contributed by atoms with Crippen LogP contribution in [0, 0.1) is 11.3 Å². The van der Waals surface area contributed by atoms with Crippen molar-refractivity contribution in [2.75, 3.05) is 26.2 Å². The molecule has 4 rings (SSSR count). The summed E-state index contributed by atoms with van der Waals surface area (Å²) in [6, 6.07) is 16.4. The number of carboxylic acid groups (broad SMARTS) is 1. The molecule has 180 valence electrons. The minimum absolute atomic E-state index is 0.00236. The standard InChI is InChI=1S/C27H32N2O5/c1-27(2,25(32)29-15-7-8-18(16-29)24(30)31)13-14-28-26(33)34-17-23-21-11-5-3-9-19(21)20-10-4-6-12-22(20)23/h3-6,9-12,18,23H,7-8,13-17H2,1-2H3,(H,28,33)(H,30,31)/t18-/m0/s1. The summed E-state index contributed by atoms with van der Waals surface area (Å²) in [6.45, 7) is 5.03. The number of carboxylic acids is 1. The minimum atomic E-state index is -0.854. The molecule has 0 spiro atoms. The van der Waals surface area contributed by atoms with Gasteiger partial charge in [-0.25, -0.2) is 4.79 Å². The Morgan fingerprint density at radius 1 is 1.06 bits per heavy atom. The second kappa shape index (κ2) is 9.87. The number of aliphatic carboxylic acids is 1. The Kier molecular flexibility index (Phi) is 6.91. The smallest absolute Gasteiger partial charge is 0.407 e. The van der Waals surface area contributed by atoms with Gasteiger partial charge in [0.2, 0.25) is 5.91 Å². The number of benzene rings is 2. The summed E-state index contributed by atoms with van der Waals surface area (Å²) < 4.78 is 5.56. The maximum absolute atomic E-state index is 13.0. The van der Waals surface area contributed by atoms with Gasteiger partial charge < -0.3 is 20.1 Å². The van der Waals surface area contributed by atoms with Crippen LogP contribution in [0.3, 0.4) is 0 Å². The maximum atomic E-state index is 13.0. The van der Waals surface area contributed by atoms with E-state index in [1.54, 1.807) is 4.90 Å². The van der Waals surface area contributed by atoms with Crippen LogP contribution in [-0.2, 0) is 14.3 Å². The van der Waals surface area contributed by atoms with E-state index >= 15 is 0 Å². The van der Waals surface area contributed by atoms with Crippen LogP contribution in [0.1, 0.15) is 50.2 Å². The Morgan fingerprint density at radius 3 is 2.29 bits per heavy atom. The number of nitrogens with zero attached hydrogens (tertiary/aromatic N) is 1. The molecular weight excluding hydrogens is 432 g/mol. The summed E-state index contributed by atoms with van der Waals surface area (Å²) in [5, 5.41) is 12.1. The van der Waals surface area contributed by atoms with Crippen molar-refractivity contribution in [2.45, 2.75) is 39.0 Å². The first-order valence-electron chi connectivity index (χ1n) is 11.9. The van der Waals surface area contributed by atoms with E-state index in [1.165, 1.54) is 11.1 Å². The van der Waals surface area contributed by atoms with Gasteiger partial charge in [0.1, 0.15) is 6.61 Å². The molecule has 0 bridgehead atoms. The SMILES string of the molecule is CC(C)(CCNC(=O)OCC1c2ccccc2-c2ccccc21)C(=O)N1CCC[C@H](C(=O)O)C1. The Balaban J connectivity index is 1.28. The zero-order valence-electron chi connectivity index (χ0n) is 19.8. The molecule has 1 atom stereocenters. The Hall–Kier alpha value is -3.35. The average molecular weight is 465 g/mol. The Bertz CT molecular complexity index is 1030. The number of fused-ring (bicyclic) bond motifs is 3. The van der Waals surface area contributed by atoms with Gasteiger partial charge in [-0.2, -0.15) is 0 Å². The van der Waals surface area contributed by atoms with E-state index in [4.69, 9.17) is 4.74 Å². The monoisotopic (exact) mass is 464 g/mol. The van der Waals surface area contributed by atoms with E-state index < -0.39 is 23.4 Å². The van der Waals surface area contributed by atoms with Crippen molar-refractivity contribution >= 4 is 18.0 Å². The first kappa shape index (κ1) is 23.8. The van der Waals surface area contributed by atoms with Gasteiger partial charge in [0, 0.05) is 31.0 Å². The van der Waals surface area contributed by atoms with Crippen molar-refractivity contribution in [3.8, 4) is 11.1 Å². The molecule has 0 saturated carbocycles. The fourth-order valence-corrected chi connectivity index (χ4v) is 5.02. The molecule has 7 nitrogen and oxygen atoms in total. The summed E-state index contributed by atoms with van der Waals surface area (Å²) >= 11 is 0. The molecule has 7 heteroatoms. The summed E-state index contributed by atoms with van der Waals surface area (Å²) in [7, 11) is 0. The van der Waals surface area contributed by atoms with Crippen LogP contribution in [0.4, 0.5) is 4.79 Å². The molecule has 1 heterocycles. The van der Waals surface area contributed by atoms with Crippen LogP contribution in [0.15, 0.2) is 48.5 Å². The van der Waals surface area contributed by atoms with Crippen LogP contribution in [0.25, 0.3) is 11.1 Å². The Morgan fingerprint density at radius 2 is 1.68 bits per heavy atom. The first-order valence-corrected chi connectivity index (χ1v) is 11.9. The van der Waals surface area contributed by atoms with Crippen molar-refractivity contribution in [3.05, 3.63) is 59.7 Å². The number of piperidine rings is 1. The normalized spacial score (nSPS) is 17.6. The number of hydrogen-bond acceptors (Lipinski definition) is 4. The van der Waals surface area contributed by atoms with Gasteiger partial charge in [0.05, 0.1) is 5.92 Å².